The fourth-order valence-corrected chi connectivity index (χ4v) is 6.62. The summed E-state index contributed by atoms with van der Waals surface area (Å²) < 4.78 is 16.8. The van der Waals surface area contributed by atoms with Gasteiger partial charge in [0.05, 0.1) is 40.8 Å². The van der Waals surface area contributed by atoms with Crippen molar-refractivity contribution in [3.63, 3.8) is 0 Å². The van der Waals surface area contributed by atoms with E-state index in [2.05, 4.69) is 11.9 Å². The van der Waals surface area contributed by atoms with Gasteiger partial charge in [0.25, 0.3) is 5.69 Å². The summed E-state index contributed by atoms with van der Waals surface area (Å²) in [7, 11) is 1.24. The van der Waals surface area contributed by atoms with Gasteiger partial charge in [-0.15, -0.1) is 0 Å². The molecule has 1 aromatic carbocycles. The smallest absolute Gasteiger partial charge is 0.336 e. The third kappa shape index (κ3) is 11.9. The molecule has 0 N–H and O–H groups in total. The third-order valence-corrected chi connectivity index (χ3v) is 8.82. The van der Waals surface area contributed by atoms with Gasteiger partial charge in [-0.25, -0.2) is 4.79 Å². The van der Waals surface area contributed by atoms with Crippen molar-refractivity contribution in [3.8, 4) is 5.75 Å². The van der Waals surface area contributed by atoms with Crippen LogP contribution in [0.15, 0.2) is 22.3 Å². The van der Waals surface area contributed by atoms with Gasteiger partial charge in [0.2, 0.25) is 5.75 Å². The van der Waals surface area contributed by atoms with E-state index in [0.29, 0.717) is 12.1 Å². The van der Waals surface area contributed by atoms with Gasteiger partial charge < -0.3 is 14.2 Å². The Hall–Kier alpha value is -3.83. The van der Waals surface area contributed by atoms with E-state index in [1.54, 1.807) is 41.5 Å². The van der Waals surface area contributed by atoms with Gasteiger partial charge in [0.15, 0.2) is 0 Å². The Morgan fingerprint density at radius 2 is 1.29 bits per heavy atom. The van der Waals surface area contributed by atoms with E-state index >= 15 is 0 Å². The monoisotopic (exact) mass is 687 g/mol. The van der Waals surface area contributed by atoms with Crippen LogP contribution in [0.1, 0.15) is 149 Å². The highest BCUT2D eigenvalue weighted by Gasteiger charge is 2.47. The predicted molar refractivity (Wildman–Crippen MR) is 190 cm³/mol. The molecule has 0 bridgehead atoms. The summed E-state index contributed by atoms with van der Waals surface area (Å²) in [6.45, 7) is 12.1. The van der Waals surface area contributed by atoms with Crippen LogP contribution in [-0.4, -0.2) is 46.8 Å². The van der Waals surface area contributed by atoms with Gasteiger partial charge >= 0.3 is 17.6 Å². The van der Waals surface area contributed by atoms with Crippen LogP contribution in [0.2, 0.25) is 0 Å². The van der Waals surface area contributed by atoms with E-state index < -0.39 is 57.2 Å². The molecule has 2 atom stereocenters. The molecular weight excluding hydrogens is 630 g/mol. The molecule has 0 radical (unpaired) electrons. The Morgan fingerprint density at radius 3 is 1.73 bits per heavy atom. The van der Waals surface area contributed by atoms with Gasteiger partial charge in [-0.1, -0.05) is 84.0 Å². The maximum Gasteiger partial charge on any atom is 0.336 e. The van der Waals surface area contributed by atoms with Crippen LogP contribution < -0.4 is 4.74 Å². The number of aliphatic imine (C=N–C) groups is 1. The number of methoxy groups -OCH3 is 1. The van der Waals surface area contributed by atoms with Crippen LogP contribution in [0.3, 0.4) is 0 Å². The average Bonchev–Trinajstić information content (AvgIpc) is 3.01. The number of rotatable bonds is 22. The van der Waals surface area contributed by atoms with E-state index in [-0.39, 0.29) is 34.6 Å². The lowest BCUT2D eigenvalue weighted by Gasteiger charge is -2.34. The highest BCUT2D eigenvalue weighted by molar-refractivity contribution is 6.07. The molecule has 0 saturated carbocycles. The molecule has 2 rings (SSSR count). The van der Waals surface area contributed by atoms with E-state index in [0.717, 1.165) is 31.7 Å². The van der Waals surface area contributed by atoms with Gasteiger partial charge in [-0.3, -0.25) is 30.0 Å². The van der Waals surface area contributed by atoms with Crippen molar-refractivity contribution in [2.75, 3.05) is 7.11 Å². The van der Waals surface area contributed by atoms with Gasteiger partial charge in [0, 0.05) is 28.5 Å². The lowest BCUT2D eigenvalue weighted by molar-refractivity contribution is -0.395. The Labute approximate surface area is 291 Å². The molecular formula is C37H57N3O9. The lowest BCUT2D eigenvalue weighted by Crippen LogP contribution is -2.38. The molecule has 2 unspecified atom stereocenters. The summed E-state index contributed by atoms with van der Waals surface area (Å²) in [5, 5.41) is 24.9. The normalized spacial score (nSPS) is 16.2. The van der Waals surface area contributed by atoms with Crippen LogP contribution in [0.5, 0.6) is 5.75 Å². The van der Waals surface area contributed by atoms with Crippen LogP contribution in [0.25, 0.3) is 0 Å². The van der Waals surface area contributed by atoms with Crippen LogP contribution in [-0.2, 0) is 25.5 Å². The number of unbranched alkanes of at least 4 members (excludes halogenated alkanes) is 12. The number of hydrogen-bond acceptors (Lipinski definition) is 10. The van der Waals surface area contributed by atoms with Gasteiger partial charge in [-0.05, 0) is 54.4 Å². The summed E-state index contributed by atoms with van der Waals surface area (Å²) in [5.41, 5.74) is -0.361. The summed E-state index contributed by atoms with van der Waals surface area (Å²) in [6, 6.07) is 0.911. The number of nitro benzene ring substituents is 2. The molecule has 49 heavy (non-hydrogen) atoms. The number of esters is 2. The molecule has 0 aromatic heterocycles. The second-order valence-corrected chi connectivity index (χ2v) is 13.5. The zero-order valence-electron chi connectivity index (χ0n) is 30.8. The molecule has 0 fully saturated rings. The Kier molecular flexibility index (Phi) is 17.4. The molecule has 0 saturated heterocycles. The molecule has 0 amide bonds. The molecule has 12 heteroatoms. The fraction of sp³-hybridized carbons (Fsp3) is 0.703. The Balaban J connectivity index is 2.54. The fourth-order valence-electron chi connectivity index (χ4n) is 6.62. The lowest BCUT2D eigenvalue weighted by atomic mass is 9.72. The first-order valence-electron chi connectivity index (χ1n) is 18.0. The van der Waals surface area contributed by atoms with Gasteiger partial charge in [0.1, 0.15) is 5.92 Å². The number of benzene rings is 1. The second-order valence-electron chi connectivity index (χ2n) is 13.5. The zero-order valence-corrected chi connectivity index (χ0v) is 30.8. The van der Waals surface area contributed by atoms with E-state index in [1.165, 1.54) is 58.5 Å². The minimum atomic E-state index is -1.25. The highest BCUT2D eigenvalue weighted by atomic mass is 16.6. The number of ether oxygens (including phenoxy) is 3. The molecule has 1 aliphatic heterocycles. The van der Waals surface area contributed by atoms with Crippen molar-refractivity contribution in [1.29, 1.82) is 0 Å². The minimum absolute atomic E-state index is 0.0234. The van der Waals surface area contributed by atoms with E-state index in [4.69, 9.17) is 14.2 Å². The second kappa shape index (κ2) is 20.6. The summed E-state index contributed by atoms with van der Waals surface area (Å²) >= 11 is 0. The van der Waals surface area contributed by atoms with Crippen molar-refractivity contribution < 1.29 is 33.6 Å². The number of carbonyl (C=O) groups excluding carboxylic acids is 2. The SMILES string of the molecule is CCCCCCCCCCCCCCCc1c([N+](=O)[O-])cc([N+](=O)[O-])c(OC)c1C1C(C(=O)OC(C)C)=C(C)N=C(C)C1C(=O)OC(C)C. The molecule has 12 nitrogen and oxygen atoms in total. The van der Waals surface area contributed by atoms with Crippen LogP contribution >= 0.6 is 0 Å². The van der Waals surface area contributed by atoms with Gasteiger partial charge in [-0.2, -0.15) is 0 Å². The largest absolute Gasteiger partial charge is 0.490 e. The van der Waals surface area contributed by atoms with Crippen molar-refractivity contribution in [3.05, 3.63) is 48.7 Å². The number of allylic oxidation sites excluding steroid dienone is 1. The number of carbonyl (C=O) groups is 2. The van der Waals surface area contributed by atoms with Crippen LogP contribution in [0, 0.1) is 26.1 Å². The zero-order chi connectivity index (χ0) is 36.7. The van der Waals surface area contributed by atoms with Crippen LogP contribution in [0.4, 0.5) is 11.4 Å². The minimum Gasteiger partial charge on any atom is -0.490 e. The molecule has 1 aliphatic rings. The Bertz CT molecular complexity index is 1370. The number of nitro groups is 2. The summed E-state index contributed by atoms with van der Waals surface area (Å²) in [6.07, 6.45) is 13.7. The maximum absolute atomic E-state index is 13.7. The quantitative estimate of drug-likeness (QED) is 0.0500. The molecule has 1 aromatic rings. The maximum atomic E-state index is 13.7. The summed E-state index contributed by atoms with van der Waals surface area (Å²) in [4.78, 5) is 55.4. The summed E-state index contributed by atoms with van der Waals surface area (Å²) in [5.74, 6) is -4.21. The van der Waals surface area contributed by atoms with Crippen molar-refractivity contribution >= 4 is 29.0 Å². The topological polar surface area (TPSA) is 160 Å². The Morgan fingerprint density at radius 1 is 0.796 bits per heavy atom. The highest BCUT2D eigenvalue weighted by Crippen LogP contribution is 2.50. The first kappa shape index (κ1) is 41.3. The number of hydrogen-bond donors (Lipinski definition) is 0. The predicted octanol–water partition coefficient (Wildman–Crippen LogP) is 9.50. The van der Waals surface area contributed by atoms with E-state index in [1.807, 2.05) is 0 Å². The molecule has 0 aliphatic carbocycles. The molecule has 0 spiro atoms. The third-order valence-electron chi connectivity index (χ3n) is 8.82. The number of nitrogens with zero attached hydrogens (tertiary/aromatic N) is 3. The first-order chi connectivity index (χ1) is 23.3. The van der Waals surface area contributed by atoms with Crippen molar-refractivity contribution in [2.45, 2.75) is 156 Å². The molecule has 1 heterocycles. The van der Waals surface area contributed by atoms with Crippen molar-refractivity contribution in [1.82, 2.24) is 0 Å². The van der Waals surface area contributed by atoms with Crippen molar-refractivity contribution in [2.24, 2.45) is 10.9 Å². The average molecular weight is 688 g/mol. The first-order valence-corrected chi connectivity index (χ1v) is 18.0. The standard InChI is InChI=1S/C37H57N3O9/c1-9-10-11-12-13-14-15-16-17-18-19-20-21-22-28-29(39(43)44)23-30(40(45)46)35(47-8)33(28)34-31(36(41)48-24(2)3)26(6)38-27(7)32(34)37(42)49-25(4)5/h23-25,31,34H,9-22H2,1-8H3. The molecule has 274 valence electrons. The van der Waals surface area contributed by atoms with E-state index in [9.17, 15) is 29.8 Å².